The van der Waals surface area contributed by atoms with Crippen LogP contribution in [0.25, 0.3) is 0 Å². The van der Waals surface area contributed by atoms with E-state index >= 15 is 0 Å². The van der Waals surface area contributed by atoms with Crippen molar-refractivity contribution in [2.45, 2.75) is 26.0 Å². The fourth-order valence-electron chi connectivity index (χ4n) is 0.582. The van der Waals surface area contributed by atoms with Crippen molar-refractivity contribution >= 4 is 35.5 Å². The van der Waals surface area contributed by atoms with Gasteiger partial charge in [0.15, 0.2) is 0 Å². The molecule has 0 aliphatic heterocycles. The summed E-state index contributed by atoms with van der Waals surface area (Å²) in [7, 11) is -1.62. The molecule has 0 spiro atoms. The van der Waals surface area contributed by atoms with Crippen molar-refractivity contribution < 1.29 is 9.53 Å². The molecule has 60 valence electrons. The molecule has 1 atom stereocenters. The number of rotatable bonds is 3. The second-order valence-corrected chi connectivity index (χ2v) is 7.13. The molecule has 0 saturated heterocycles. The average Bonchev–Trinajstić information content (AvgIpc) is 1.58. The van der Waals surface area contributed by atoms with Crippen LogP contribution in [0.3, 0.4) is 0 Å². The smallest absolute Gasteiger partial charge is 0.302 e. The summed E-state index contributed by atoms with van der Waals surface area (Å²) in [4.78, 5) is 10.3. The van der Waals surface area contributed by atoms with Gasteiger partial charge in [0.25, 0.3) is 0 Å². The Hall–Kier alpha value is 0.267. The third-order valence-electron chi connectivity index (χ3n) is 0.877. The molecule has 5 heteroatoms. The highest BCUT2D eigenvalue weighted by atomic mass is 35.7. The maximum atomic E-state index is 10.3. The number of carbonyl (C=O) groups excluding carboxylic acids is 1. The number of ether oxygens (including phenoxy) is 1. The van der Waals surface area contributed by atoms with E-state index < -0.39 is 7.42 Å². The van der Waals surface area contributed by atoms with Crippen molar-refractivity contribution in [2.75, 3.05) is 0 Å². The van der Waals surface area contributed by atoms with Gasteiger partial charge in [-0.1, -0.05) is 0 Å². The highest BCUT2D eigenvalue weighted by molar-refractivity contribution is 7.33. The van der Waals surface area contributed by atoms with Crippen LogP contribution in [0.2, 0.25) is 6.04 Å². The lowest BCUT2D eigenvalue weighted by molar-refractivity contribution is -0.144. The van der Waals surface area contributed by atoms with Crippen LogP contribution < -0.4 is 0 Å². The zero-order valence-corrected chi connectivity index (χ0v) is 8.60. The van der Waals surface area contributed by atoms with Gasteiger partial charge in [0.05, 0.1) is 6.10 Å². The fraction of sp³-hybridized carbons (Fsp3) is 0.800. The van der Waals surface area contributed by atoms with Gasteiger partial charge < -0.3 is 4.74 Å². The molecule has 2 nitrogen and oxygen atoms in total. The van der Waals surface area contributed by atoms with Gasteiger partial charge in [-0.05, 0) is 6.92 Å². The van der Waals surface area contributed by atoms with E-state index in [-0.39, 0.29) is 12.1 Å². The highest BCUT2D eigenvalue weighted by Crippen LogP contribution is 2.09. The summed E-state index contributed by atoms with van der Waals surface area (Å²) in [5.74, 6) is -0.282. The maximum absolute atomic E-state index is 10.3. The van der Waals surface area contributed by atoms with Gasteiger partial charge in [-0.3, -0.25) is 4.79 Å². The summed E-state index contributed by atoms with van der Waals surface area (Å²) >= 11 is 11.1. The fourth-order valence-corrected chi connectivity index (χ4v) is 2.69. The summed E-state index contributed by atoms with van der Waals surface area (Å²) in [5, 5.41) is 0. The summed E-state index contributed by atoms with van der Waals surface area (Å²) < 4.78 is 4.79. The van der Waals surface area contributed by atoms with E-state index in [9.17, 15) is 4.79 Å². The van der Waals surface area contributed by atoms with Crippen molar-refractivity contribution in [1.82, 2.24) is 0 Å². The highest BCUT2D eigenvalue weighted by Gasteiger charge is 2.11. The molecule has 0 amide bonds. The van der Waals surface area contributed by atoms with E-state index in [1.165, 1.54) is 6.92 Å². The zero-order chi connectivity index (χ0) is 8.15. The topological polar surface area (TPSA) is 26.3 Å². The Morgan fingerprint density at radius 3 is 2.50 bits per heavy atom. The third-order valence-corrected chi connectivity index (χ3v) is 2.97. The van der Waals surface area contributed by atoms with Gasteiger partial charge in [0.2, 0.25) is 7.42 Å². The number of halogens is 2. The van der Waals surface area contributed by atoms with Gasteiger partial charge in [-0.25, -0.2) is 0 Å². The first-order chi connectivity index (χ1) is 4.52. The van der Waals surface area contributed by atoms with E-state index in [4.69, 9.17) is 26.9 Å². The van der Waals surface area contributed by atoms with Crippen LogP contribution in [0.1, 0.15) is 13.8 Å². The van der Waals surface area contributed by atoms with Crippen LogP contribution in [-0.4, -0.2) is 19.5 Å². The minimum absolute atomic E-state index is 0.135. The Kier molecular flexibility index (Phi) is 5.12. The number of hydrogen-bond acceptors (Lipinski definition) is 2. The molecular weight excluding hydrogens is 191 g/mol. The number of esters is 1. The summed E-state index contributed by atoms with van der Waals surface area (Å²) in [6.45, 7) is 3.15. The quantitative estimate of drug-likeness (QED) is 0.394. The van der Waals surface area contributed by atoms with E-state index in [0.717, 1.165) is 0 Å². The van der Waals surface area contributed by atoms with Crippen LogP contribution >= 0.6 is 22.2 Å². The van der Waals surface area contributed by atoms with Crippen molar-refractivity contribution in [3.8, 4) is 0 Å². The van der Waals surface area contributed by atoms with Crippen molar-refractivity contribution in [2.24, 2.45) is 0 Å². The van der Waals surface area contributed by atoms with Gasteiger partial charge in [-0.15, -0.1) is 0 Å². The number of carbonyl (C=O) groups is 1. The largest absolute Gasteiger partial charge is 0.463 e. The molecule has 0 aliphatic carbocycles. The molecule has 0 fully saturated rings. The normalized spacial score (nSPS) is 13.3. The van der Waals surface area contributed by atoms with E-state index in [1.807, 2.05) is 0 Å². The first-order valence-corrected chi connectivity index (χ1v) is 7.28. The molecule has 0 rings (SSSR count). The lowest BCUT2D eigenvalue weighted by atomic mass is 10.5. The monoisotopic (exact) mass is 200 g/mol. The standard InChI is InChI=1S/C5H10Cl2O2Si/c1-4(3-10(6)7)9-5(2)8/h4,10H,3H2,1-2H3. The van der Waals surface area contributed by atoms with Gasteiger partial charge in [0.1, 0.15) is 0 Å². The summed E-state index contributed by atoms with van der Waals surface area (Å²) in [6.07, 6.45) is -0.135. The first-order valence-electron chi connectivity index (χ1n) is 2.97. The van der Waals surface area contributed by atoms with Crippen LogP contribution in [0.15, 0.2) is 0 Å². The van der Waals surface area contributed by atoms with Crippen molar-refractivity contribution in [1.29, 1.82) is 0 Å². The SMILES string of the molecule is CC(=O)OC(C)C[SiH](Cl)Cl. The van der Waals surface area contributed by atoms with Crippen molar-refractivity contribution in [3.63, 3.8) is 0 Å². The Balaban J connectivity index is 3.43. The van der Waals surface area contributed by atoms with Gasteiger partial charge in [-0.2, -0.15) is 22.2 Å². The van der Waals surface area contributed by atoms with Crippen molar-refractivity contribution in [3.05, 3.63) is 0 Å². The molecule has 0 aromatic heterocycles. The van der Waals surface area contributed by atoms with Crippen LogP contribution in [0.4, 0.5) is 0 Å². The Morgan fingerprint density at radius 2 is 2.20 bits per heavy atom. The second-order valence-electron chi connectivity index (χ2n) is 2.05. The molecule has 10 heavy (non-hydrogen) atoms. The molecule has 0 bridgehead atoms. The molecule has 0 aromatic carbocycles. The van der Waals surface area contributed by atoms with Crippen LogP contribution in [0.5, 0.6) is 0 Å². The molecule has 0 saturated carbocycles. The lowest BCUT2D eigenvalue weighted by Crippen LogP contribution is -2.15. The Bertz CT molecular complexity index is 118. The first kappa shape index (κ1) is 10.3. The molecule has 0 aromatic rings. The minimum atomic E-state index is -1.62. The molecule has 1 unspecified atom stereocenters. The molecule has 0 N–H and O–H groups in total. The van der Waals surface area contributed by atoms with E-state index in [2.05, 4.69) is 0 Å². The van der Waals surface area contributed by atoms with Gasteiger partial charge >= 0.3 is 5.97 Å². The van der Waals surface area contributed by atoms with Gasteiger partial charge in [0, 0.05) is 13.0 Å². The van der Waals surface area contributed by atoms with Crippen LogP contribution in [-0.2, 0) is 9.53 Å². The third kappa shape index (κ3) is 6.39. The zero-order valence-electron chi connectivity index (χ0n) is 5.93. The van der Waals surface area contributed by atoms with E-state index in [0.29, 0.717) is 6.04 Å². The summed E-state index contributed by atoms with van der Waals surface area (Å²) in [6, 6.07) is 0.614. The Morgan fingerprint density at radius 1 is 1.70 bits per heavy atom. The molecule has 0 heterocycles. The summed E-state index contributed by atoms with van der Waals surface area (Å²) in [5.41, 5.74) is 0. The maximum Gasteiger partial charge on any atom is 0.302 e. The predicted octanol–water partition coefficient (Wildman–Crippen LogP) is 1.64. The second kappa shape index (κ2) is 4.99. The predicted molar refractivity (Wildman–Crippen MR) is 44.9 cm³/mol. The average molecular weight is 201 g/mol. The van der Waals surface area contributed by atoms with Crippen LogP contribution in [0, 0.1) is 0 Å². The lowest BCUT2D eigenvalue weighted by Gasteiger charge is -2.10. The minimum Gasteiger partial charge on any atom is -0.463 e. The molecule has 0 aliphatic rings. The number of hydrogen-bond donors (Lipinski definition) is 0. The Labute approximate surface area is 71.5 Å². The molecule has 0 radical (unpaired) electrons. The van der Waals surface area contributed by atoms with E-state index in [1.54, 1.807) is 6.92 Å². The molecular formula is C5H10Cl2O2Si.